The number of hydrogen-bond donors (Lipinski definition) is 2. The number of nitrogens with zero attached hydrogens (tertiary/aromatic N) is 1. The Hall–Kier alpha value is -2.01. The highest BCUT2D eigenvalue weighted by Gasteiger charge is 2.09. The molecular formula is C11H9ClN2O3. The lowest BCUT2D eigenvalue weighted by Gasteiger charge is -2.07. The molecule has 17 heavy (non-hydrogen) atoms. The minimum Gasteiger partial charge on any atom is -0.508 e. The maximum Gasteiger partial charge on any atom is 0.285 e. The van der Waals surface area contributed by atoms with Gasteiger partial charge < -0.3 is 9.84 Å². The highest BCUT2D eigenvalue weighted by Crippen LogP contribution is 2.28. The number of benzene rings is 1. The summed E-state index contributed by atoms with van der Waals surface area (Å²) in [5.74, 6) is 0.335. The van der Waals surface area contributed by atoms with Gasteiger partial charge in [-0.25, -0.2) is 0 Å². The second-order valence-corrected chi connectivity index (χ2v) is 3.79. The molecule has 88 valence electrons. The van der Waals surface area contributed by atoms with Gasteiger partial charge in [0.1, 0.15) is 16.7 Å². The molecule has 0 unspecified atom stereocenters. The highest BCUT2D eigenvalue weighted by molar-refractivity contribution is 6.29. The zero-order valence-electron chi connectivity index (χ0n) is 8.90. The van der Waals surface area contributed by atoms with Crippen molar-refractivity contribution in [2.45, 2.75) is 6.92 Å². The smallest absolute Gasteiger partial charge is 0.285 e. The number of H-pyrrole nitrogens is 1. The topological polar surface area (TPSA) is 75.2 Å². The van der Waals surface area contributed by atoms with E-state index in [0.717, 1.165) is 0 Å². The predicted octanol–water partition coefficient (Wildman–Crippen LogP) is 2.23. The van der Waals surface area contributed by atoms with E-state index < -0.39 is 5.43 Å². The lowest BCUT2D eigenvalue weighted by molar-refractivity contribution is 0.431. The first-order chi connectivity index (χ1) is 8.08. The van der Waals surface area contributed by atoms with Gasteiger partial charge >= 0.3 is 0 Å². The van der Waals surface area contributed by atoms with E-state index in [1.807, 2.05) is 0 Å². The Bertz CT molecular complexity index is 610. The van der Waals surface area contributed by atoms with Crippen molar-refractivity contribution in [2.24, 2.45) is 0 Å². The van der Waals surface area contributed by atoms with Crippen molar-refractivity contribution in [3.63, 3.8) is 0 Å². The summed E-state index contributed by atoms with van der Waals surface area (Å²) in [6.45, 7) is 1.68. The molecule has 0 bridgehead atoms. The Morgan fingerprint density at radius 3 is 2.94 bits per heavy atom. The summed E-state index contributed by atoms with van der Waals surface area (Å²) in [5.41, 5.74) is 0.0974. The second kappa shape index (κ2) is 4.47. The molecular weight excluding hydrogens is 244 g/mol. The number of halogens is 1. The molecule has 0 aliphatic rings. The first-order valence-corrected chi connectivity index (χ1v) is 5.17. The van der Waals surface area contributed by atoms with Crippen LogP contribution in [0.1, 0.15) is 5.56 Å². The largest absolute Gasteiger partial charge is 0.508 e. The maximum absolute atomic E-state index is 11.5. The van der Waals surface area contributed by atoms with Gasteiger partial charge in [-0.05, 0) is 19.1 Å². The molecule has 6 heteroatoms. The third kappa shape index (κ3) is 2.39. The summed E-state index contributed by atoms with van der Waals surface area (Å²) in [4.78, 5) is 11.5. The molecule has 0 aliphatic heterocycles. The van der Waals surface area contributed by atoms with Gasteiger partial charge in [0.15, 0.2) is 0 Å². The quantitative estimate of drug-likeness (QED) is 0.859. The number of nitrogens with one attached hydrogen (secondary N) is 1. The Labute approximate surface area is 102 Å². The lowest BCUT2D eigenvalue weighted by atomic mass is 10.2. The number of ether oxygens (including phenoxy) is 1. The molecule has 0 spiro atoms. The monoisotopic (exact) mass is 252 g/mol. The standard InChI is InChI=1S/C11H9ClN2O3/c1-6-7(15)3-2-4-9(6)17-11-8(16)5-10(12)13-14-11/h2-5,15H,1H3,(H,13,16). The predicted molar refractivity (Wildman–Crippen MR) is 62.8 cm³/mol. The molecule has 0 saturated carbocycles. The number of aromatic amines is 1. The van der Waals surface area contributed by atoms with Gasteiger partial charge in [0.2, 0.25) is 5.43 Å². The van der Waals surface area contributed by atoms with Crippen LogP contribution >= 0.6 is 11.6 Å². The summed E-state index contributed by atoms with van der Waals surface area (Å²) >= 11 is 5.56. The van der Waals surface area contributed by atoms with E-state index in [2.05, 4.69) is 10.2 Å². The number of aromatic nitrogens is 2. The van der Waals surface area contributed by atoms with E-state index in [9.17, 15) is 9.90 Å². The van der Waals surface area contributed by atoms with Crippen LogP contribution in [0.15, 0.2) is 29.1 Å². The van der Waals surface area contributed by atoms with Crippen molar-refractivity contribution in [2.75, 3.05) is 0 Å². The van der Waals surface area contributed by atoms with Crippen LogP contribution < -0.4 is 10.2 Å². The zero-order chi connectivity index (χ0) is 12.4. The fraction of sp³-hybridized carbons (Fsp3) is 0.0909. The lowest BCUT2D eigenvalue weighted by Crippen LogP contribution is -2.07. The minimum absolute atomic E-state index is 0.0906. The van der Waals surface area contributed by atoms with Gasteiger partial charge in [0.05, 0.1) is 0 Å². The average molecular weight is 253 g/mol. The number of rotatable bonds is 2. The third-order valence-electron chi connectivity index (χ3n) is 2.19. The van der Waals surface area contributed by atoms with Gasteiger partial charge in [-0.15, -0.1) is 5.10 Å². The van der Waals surface area contributed by atoms with Crippen LogP contribution in [0, 0.1) is 6.92 Å². The summed E-state index contributed by atoms with van der Waals surface area (Å²) in [5, 5.41) is 15.7. The SMILES string of the molecule is Cc1c(O)cccc1Oc1n[nH]c(Cl)cc1=O. The van der Waals surface area contributed by atoms with Crippen LogP contribution in [0.2, 0.25) is 5.15 Å². The summed E-state index contributed by atoms with van der Waals surface area (Å²) in [7, 11) is 0. The number of hydrogen-bond acceptors (Lipinski definition) is 4. The molecule has 0 saturated heterocycles. The van der Waals surface area contributed by atoms with Crippen LogP contribution in [0.25, 0.3) is 0 Å². The fourth-order valence-electron chi connectivity index (χ4n) is 1.26. The van der Waals surface area contributed by atoms with Crippen LogP contribution in [0.5, 0.6) is 17.4 Å². The molecule has 1 aromatic carbocycles. The van der Waals surface area contributed by atoms with Gasteiger partial charge in [0, 0.05) is 11.6 Å². The maximum atomic E-state index is 11.5. The highest BCUT2D eigenvalue weighted by atomic mass is 35.5. The Kier molecular flexibility index (Phi) is 3.01. The van der Waals surface area contributed by atoms with E-state index in [1.165, 1.54) is 12.1 Å². The van der Waals surface area contributed by atoms with Gasteiger partial charge in [-0.1, -0.05) is 17.7 Å². The van der Waals surface area contributed by atoms with Crippen molar-refractivity contribution in [1.82, 2.24) is 10.2 Å². The molecule has 0 radical (unpaired) electrons. The second-order valence-electron chi connectivity index (χ2n) is 3.39. The van der Waals surface area contributed by atoms with Crippen molar-refractivity contribution in [3.05, 3.63) is 45.2 Å². The van der Waals surface area contributed by atoms with Crippen LogP contribution in [0.4, 0.5) is 0 Å². The van der Waals surface area contributed by atoms with Crippen LogP contribution in [-0.4, -0.2) is 15.3 Å². The average Bonchev–Trinajstić information content (AvgIpc) is 2.28. The Balaban J connectivity index is 2.38. The normalized spacial score (nSPS) is 10.2. The molecule has 0 fully saturated rings. The van der Waals surface area contributed by atoms with E-state index in [-0.39, 0.29) is 16.8 Å². The molecule has 2 rings (SSSR count). The van der Waals surface area contributed by atoms with E-state index in [4.69, 9.17) is 16.3 Å². The number of phenols is 1. The molecule has 2 aromatic rings. The molecule has 2 N–H and O–H groups in total. The van der Waals surface area contributed by atoms with Gasteiger partial charge in [-0.2, -0.15) is 0 Å². The minimum atomic E-state index is -0.434. The Morgan fingerprint density at radius 1 is 1.47 bits per heavy atom. The number of aromatic hydroxyl groups is 1. The molecule has 1 aromatic heterocycles. The third-order valence-corrected chi connectivity index (χ3v) is 2.39. The first-order valence-electron chi connectivity index (χ1n) is 4.79. The van der Waals surface area contributed by atoms with Crippen LogP contribution in [-0.2, 0) is 0 Å². The molecule has 0 atom stereocenters. The fourth-order valence-corrected chi connectivity index (χ4v) is 1.40. The molecule has 1 heterocycles. The van der Waals surface area contributed by atoms with Gasteiger partial charge in [0.25, 0.3) is 5.88 Å². The summed E-state index contributed by atoms with van der Waals surface area (Å²) < 4.78 is 5.30. The molecule has 0 aliphatic carbocycles. The van der Waals surface area contributed by atoms with E-state index in [0.29, 0.717) is 11.3 Å². The van der Waals surface area contributed by atoms with Crippen molar-refractivity contribution in [1.29, 1.82) is 0 Å². The first kappa shape index (κ1) is 11.5. The molecule has 0 amide bonds. The van der Waals surface area contributed by atoms with Crippen molar-refractivity contribution >= 4 is 11.6 Å². The summed E-state index contributed by atoms with van der Waals surface area (Å²) in [6, 6.07) is 5.94. The zero-order valence-corrected chi connectivity index (χ0v) is 9.65. The van der Waals surface area contributed by atoms with Crippen LogP contribution in [0.3, 0.4) is 0 Å². The van der Waals surface area contributed by atoms with Crippen molar-refractivity contribution < 1.29 is 9.84 Å². The van der Waals surface area contributed by atoms with Gasteiger partial charge in [-0.3, -0.25) is 9.89 Å². The van der Waals surface area contributed by atoms with E-state index in [1.54, 1.807) is 19.1 Å². The Morgan fingerprint density at radius 2 is 2.24 bits per heavy atom. The summed E-state index contributed by atoms with van der Waals surface area (Å²) in [6.07, 6.45) is 0. The van der Waals surface area contributed by atoms with E-state index >= 15 is 0 Å². The molecule has 5 nitrogen and oxygen atoms in total. The van der Waals surface area contributed by atoms with Crippen molar-refractivity contribution in [3.8, 4) is 17.4 Å². The number of phenolic OH excluding ortho intramolecular Hbond substituents is 1.